The first kappa shape index (κ1) is 20.7. The number of piperazine rings is 1. The van der Waals surface area contributed by atoms with Crippen molar-refractivity contribution in [2.75, 3.05) is 32.7 Å². The van der Waals surface area contributed by atoms with Crippen LogP contribution in [-0.2, 0) is 6.54 Å². The molecule has 0 radical (unpaired) electrons. The number of halogens is 1. The molecule has 3 nitrogen and oxygen atoms in total. The number of para-hydroxylation sites is 2. The van der Waals surface area contributed by atoms with E-state index in [1.54, 1.807) is 0 Å². The molecule has 1 aliphatic heterocycles. The van der Waals surface area contributed by atoms with Gasteiger partial charge >= 0.3 is 0 Å². The summed E-state index contributed by atoms with van der Waals surface area (Å²) in [6, 6.07) is 18.6. The lowest BCUT2D eigenvalue weighted by atomic mass is 9.94. The monoisotopic (exact) mass is 411 g/mol. The molecule has 2 aromatic carbocycles. The van der Waals surface area contributed by atoms with Crippen LogP contribution in [0.15, 0.2) is 48.5 Å². The number of aryl methyl sites for hydroxylation is 1. The molecule has 5 rings (SSSR count). The third-order valence-corrected chi connectivity index (χ3v) is 7.03. The van der Waals surface area contributed by atoms with Gasteiger partial charge in [-0.25, -0.2) is 0 Å². The summed E-state index contributed by atoms with van der Waals surface area (Å²) < 4.78 is 2.53. The fourth-order valence-corrected chi connectivity index (χ4v) is 5.49. The largest absolute Gasteiger partial charge is 0.340 e. The molecule has 0 atom stereocenters. The highest BCUT2D eigenvalue weighted by Crippen LogP contribution is 2.29. The molecule has 4 heteroatoms. The van der Waals surface area contributed by atoms with Crippen molar-refractivity contribution in [2.24, 2.45) is 0 Å². The van der Waals surface area contributed by atoms with Crippen LogP contribution in [0.25, 0.3) is 21.8 Å². The second-order valence-electron chi connectivity index (χ2n) is 8.71. The van der Waals surface area contributed by atoms with Gasteiger partial charge in [0.05, 0.1) is 0 Å². The average Bonchev–Trinajstić information content (AvgIpc) is 3.09. The molecule has 0 amide bonds. The predicted octanol–water partition coefficient (Wildman–Crippen LogP) is 5.56. The topological polar surface area (TPSA) is 11.4 Å². The number of hydrogen-bond acceptors (Lipinski definition) is 2. The minimum absolute atomic E-state index is 0. The zero-order chi connectivity index (χ0) is 18.8. The minimum atomic E-state index is 0. The van der Waals surface area contributed by atoms with Crippen LogP contribution in [0.2, 0.25) is 0 Å². The van der Waals surface area contributed by atoms with Crippen molar-refractivity contribution in [3.8, 4) is 0 Å². The predicted molar refractivity (Wildman–Crippen MR) is 126 cm³/mol. The second kappa shape index (κ2) is 9.51. The Morgan fingerprint density at radius 1 is 0.690 bits per heavy atom. The molecule has 0 N–H and O–H groups in total. The second-order valence-corrected chi connectivity index (χ2v) is 8.71. The highest BCUT2D eigenvalue weighted by molar-refractivity contribution is 6.07. The van der Waals surface area contributed by atoms with Gasteiger partial charge in [-0.1, -0.05) is 55.7 Å². The van der Waals surface area contributed by atoms with Crippen LogP contribution in [0.1, 0.15) is 38.5 Å². The summed E-state index contributed by atoms with van der Waals surface area (Å²) >= 11 is 0. The summed E-state index contributed by atoms with van der Waals surface area (Å²) in [6.45, 7) is 7.39. The van der Waals surface area contributed by atoms with E-state index < -0.39 is 0 Å². The molecular weight excluding hydrogens is 378 g/mol. The zero-order valence-electron chi connectivity index (χ0n) is 17.4. The highest BCUT2D eigenvalue weighted by atomic mass is 35.5. The van der Waals surface area contributed by atoms with Gasteiger partial charge in [0.2, 0.25) is 0 Å². The minimum Gasteiger partial charge on any atom is -0.340 e. The molecule has 1 aliphatic carbocycles. The van der Waals surface area contributed by atoms with Crippen molar-refractivity contribution in [1.82, 2.24) is 14.4 Å². The summed E-state index contributed by atoms with van der Waals surface area (Å²) in [4.78, 5) is 5.47. The third kappa shape index (κ3) is 4.33. The van der Waals surface area contributed by atoms with Crippen LogP contribution in [-0.4, -0.2) is 53.1 Å². The van der Waals surface area contributed by atoms with Gasteiger partial charge in [-0.05, 0) is 37.9 Å². The third-order valence-electron chi connectivity index (χ3n) is 7.03. The van der Waals surface area contributed by atoms with Crippen LogP contribution in [0, 0.1) is 0 Å². The Labute approximate surface area is 181 Å². The lowest BCUT2D eigenvalue weighted by Crippen LogP contribution is -2.50. The van der Waals surface area contributed by atoms with Crippen LogP contribution < -0.4 is 0 Å². The summed E-state index contributed by atoms with van der Waals surface area (Å²) in [5, 5.41) is 2.78. The normalized spacial score (nSPS) is 19.6. The van der Waals surface area contributed by atoms with Gasteiger partial charge in [0.25, 0.3) is 0 Å². The number of benzene rings is 2. The van der Waals surface area contributed by atoms with Crippen molar-refractivity contribution >= 4 is 34.2 Å². The number of aromatic nitrogens is 1. The van der Waals surface area contributed by atoms with E-state index in [4.69, 9.17) is 0 Å². The van der Waals surface area contributed by atoms with E-state index in [1.807, 2.05) is 0 Å². The Kier molecular flexibility index (Phi) is 6.79. The van der Waals surface area contributed by atoms with Crippen molar-refractivity contribution in [1.29, 1.82) is 0 Å². The van der Waals surface area contributed by atoms with Gasteiger partial charge in [-0.2, -0.15) is 0 Å². The van der Waals surface area contributed by atoms with E-state index >= 15 is 0 Å². The number of fused-ring (bicyclic) bond motifs is 3. The maximum Gasteiger partial charge on any atom is 0.0491 e. The molecule has 2 heterocycles. The fraction of sp³-hybridized carbons (Fsp3) is 0.520. The standard InChI is InChI=1S/C25H33N3.ClH/c1-2-9-21(10-3-1)27-19-17-26(18-20-27)15-8-16-28-24-13-6-4-11-22(24)23-12-5-7-14-25(23)28;/h4-7,11-14,21H,1-3,8-10,15-20H2;1H. The van der Waals surface area contributed by atoms with Gasteiger partial charge in [0.1, 0.15) is 0 Å². The van der Waals surface area contributed by atoms with E-state index in [0.29, 0.717) is 0 Å². The number of hydrogen-bond donors (Lipinski definition) is 0. The van der Waals surface area contributed by atoms with E-state index in [0.717, 1.165) is 12.6 Å². The Morgan fingerprint density at radius 2 is 1.28 bits per heavy atom. The van der Waals surface area contributed by atoms with Crippen LogP contribution in [0.4, 0.5) is 0 Å². The molecule has 2 aliphatic rings. The molecule has 2 fully saturated rings. The first-order valence-electron chi connectivity index (χ1n) is 11.3. The van der Waals surface area contributed by atoms with Gasteiger partial charge in [0, 0.05) is 60.6 Å². The Bertz CT molecular complexity index is 867. The van der Waals surface area contributed by atoms with Crippen LogP contribution in [0.5, 0.6) is 0 Å². The molecule has 1 saturated carbocycles. The number of nitrogens with zero attached hydrogens (tertiary/aromatic N) is 3. The molecule has 29 heavy (non-hydrogen) atoms. The highest BCUT2D eigenvalue weighted by Gasteiger charge is 2.24. The first-order chi connectivity index (χ1) is 13.9. The van der Waals surface area contributed by atoms with E-state index in [-0.39, 0.29) is 12.4 Å². The molecule has 0 spiro atoms. The first-order valence-corrected chi connectivity index (χ1v) is 11.3. The van der Waals surface area contributed by atoms with Crippen molar-refractivity contribution in [2.45, 2.75) is 51.1 Å². The maximum atomic E-state index is 2.78. The molecular formula is C25H34ClN3. The Hall–Kier alpha value is -1.55. The summed E-state index contributed by atoms with van der Waals surface area (Å²) in [6.07, 6.45) is 8.46. The van der Waals surface area contributed by atoms with E-state index in [2.05, 4.69) is 62.9 Å². The Balaban J connectivity index is 0.00000205. The molecule has 1 saturated heterocycles. The average molecular weight is 412 g/mol. The Morgan fingerprint density at radius 3 is 1.90 bits per heavy atom. The summed E-state index contributed by atoms with van der Waals surface area (Å²) in [5.74, 6) is 0. The summed E-state index contributed by atoms with van der Waals surface area (Å²) in [5.41, 5.74) is 2.76. The van der Waals surface area contributed by atoms with Crippen LogP contribution in [0.3, 0.4) is 0 Å². The number of rotatable bonds is 5. The fourth-order valence-electron chi connectivity index (χ4n) is 5.49. The van der Waals surface area contributed by atoms with Gasteiger partial charge in [0.15, 0.2) is 0 Å². The quantitative estimate of drug-likeness (QED) is 0.544. The maximum absolute atomic E-state index is 2.78. The van der Waals surface area contributed by atoms with Gasteiger partial charge in [-0.3, -0.25) is 4.90 Å². The molecule has 0 unspecified atom stereocenters. The van der Waals surface area contributed by atoms with Crippen molar-refractivity contribution in [3.05, 3.63) is 48.5 Å². The van der Waals surface area contributed by atoms with Crippen molar-refractivity contribution < 1.29 is 0 Å². The lowest BCUT2D eigenvalue weighted by Gasteiger charge is -2.40. The van der Waals surface area contributed by atoms with Gasteiger partial charge in [-0.15, -0.1) is 12.4 Å². The molecule has 3 aromatic rings. The van der Waals surface area contributed by atoms with Crippen molar-refractivity contribution in [3.63, 3.8) is 0 Å². The van der Waals surface area contributed by atoms with Crippen LogP contribution >= 0.6 is 12.4 Å². The molecule has 0 bridgehead atoms. The molecule has 156 valence electrons. The SMILES string of the molecule is Cl.c1ccc2c(c1)c1ccccc1n2CCCN1CCN(C2CCCCC2)CC1. The smallest absolute Gasteiger partial charge is 0.0491 e. The lowest BCUT2D eigenvalue weighted by molar-refractivity contribution is 0.0780. The van der Waals surface area contributed by atoms with Gasteiger partial charge < -0.3 is 9.47 Å². The summed E-state index contributed by atoms with van der Waals surface area (Å²) in [7, 11) is 0. The van der Waals surface area contributed by atoms with E-state index in [9.17, 15) is 0 Å². The molecule has 1 aromatic heterocycles. The zero-order valence-corrected chi connectivity index (χ0v) is 18.2. The van der Waals surface area contributed by atoms with E-state index in [1.165, 1.54) is 93.1 Å².